The first-order valence-electron chi connectivity index (χ1n) is 6.90. The number of nitrogens with one attached hydrogen (secondary N) is 1. The van der Waals surface area contributed by atoms with Crippen LogP contribution in [0.2, 0.25) is 0 Å². The minimum absolute atomic E-state index is 0.114. The summed E-state index contributed by atoms with van der Waals surface area (Å²) < 4.78 is 10.8. The summed E-state index contributed by atoms with van der Waals surface area (Å²) >= 11 is 0. The van der Waals surface area contributed by atoms with Crippen molar-refractivity contribution in [1.29, 1.82) is 0 Å². The van der Waals surface area contributed by atoms with E-state index < -0.39 is 0 Å². The van der Waals surface area contributed by atoms with Crippen molar-refractivity contribution in [2.24, 2.45) is 4.99 Å². The Morgan fingerprint density at radius 2 is 1.68 bits per heavy atom. The molecule has 5 nitrogen and oxygen atoms in total. The van der Waals surface area contributed by atoms with E-state index in [0.29, 0.717) is 28.5 Å². The van der Waals surface area contributed by atoms with Crippen molar-refractivity contribution >= 4 is 23.0 Å². The van der Waals surface area contributed by atoms with Crippen molar-refractivity contribution in [2.75, 3.05) is 19.5 Å². The standard InChI is InChI=1S/C17H16N2O3/c1-21-14-8-5-9-15(22-2)17(14)13-10-16(20)19-12-7-4-3-6-11(12)18-13/h3-9H,10H2,1-2H3,(H,19,20). The Bertz CT molecular complexity index is 731. The van der Waals surface area contributed by atoms with Gasteiger partial charge in [0.15, 0.2) is 0 Å². The predicted molar refractivity (Wildman–Crippen MR) is 85.4 cm³/mol. The van der Waals surface area contributed by atoms with Crippen LogP contribution >= 0.6 is 0 Å². The third-order valence-electron chi connectivity index (χ3n) is 3.48. The van der Waals surface area contributed by atoms with Crippen LogP contribution in [-0.4, -0.2) is 25.8 Å². The minimum Gasteiger partial charge on any atom is -0.496 e. The first-order valence-corrected chi connectivity index (χ1v) is 6.90. The number of benzene rings is 2. The molecule has 0 saturated carbocycles. The highest BCUT2D eigenvalue weighted by molar-refractivity contribution is 6.18. The number of methoxy groups -OCH3 is 2. The summed E-state index contributed by atoms with van der Waals surface area (Å²) in [7, 11) is 3.17. The van der Waals surface area contributed by atoms with E-state index >= 15 is 0 Å². The average Bonchev–Trinajstić information content (AvgIpc) is 2.71. The number of hydrogen-bond donors (Lipinski definition) is 1. The smallest absolute Gasteiger partial charge is 0.230 e. The highest BCUT2D eigenvalue weighted by Crippen LogP contribution is 2.34. The number of hydrogen-bond acceptors (Lipinski definition) is 4. The summed E-state index contributed by atoms with van der Waals surface area (Å²) in [4.78, 5) is 16.8. The Morgan fingerprint density at radius 1 is 1.00 bits per heavy atom. The first-order chi connectivity index (χ1) is 10.7. The molecule has 2 aromatic rings. The van der Waals surface area contributed by atoms with Gasteiger partial charge in [-0.15, -0.1) is 0 Å². The molecule has 112 valence electrons. The van der Waals surface area contributed by atoms with Gasteiger partial charge >= 0.3 is 0 Å². The van der Waals surface area contributed by atoms with Gasteiger partial charge < -0.3 is 14.8 Å². The van der Waals surface area contributed by atoms with Crippen LogP contribution in [0, 0.1) is 0 Å². The lowest BCUT2D eigenvalue weighted by atomic mass is 10.0. The number of aliphatic imine (C=N–C) groups is 1. The molecule has 1 heterocycles. The molecule has 2 aromatic carbocycles. The third kappa shape index (κ3) is 2.53. The summed E-state index contributed by atoms with van der Waals surface area (Å²) in [6, 6.07) is 12.9. The van der Waals surface area contributed by atoms with Crippen molar-refractivity contribution < 1.29 is 14.3 Å². The van der Waals surface area contributed by atoms with E-state index in [1.807, 2.05) is 42.5 Å². The maximum Gasteiger partial charge on any atom is 0.230 e. The lowest BCUT2D eigenvalue weighted by Gasteiger charge is -2.13. The maximum absolute atomic E-state index is 12.2. The quantitative estimate of drug-likeness (QED) is 0.946. The first kappa shape index (κ1) is 14.1. The highest BCUT2D eigenvalue weighted by Gasteiger charge is 2.22. The Morgan fingerprint density at radius 3 is 2.36 bits per heavy atom. The number of carbonyl (C=O) groups excluding carboxylic acids is 1. The zero-order valence-corrected chi connectivity index (χ0v) is 12.4. The molecule has 1 N–H and O–H groups in total. The monoisotopic (exact) mass is 296 g/mol. The van der Waals surface area contributed by atoms with E-state index in [2.05, 4.69) is 10.3 Å². The molecule has 0 fully saturated rings. The van der Waals surface area contributed by atoms with E-state index in [9.17, 15) is 4.79 Å². The molecular formula is C17H16N2O3. The molecule has 3 rings (SSSR count). The largest absolute Gasteiger partial charge is 0.496 e. The van der Waals surface area contributed by atoms with Gasteiger partial charge in [-0.1, -0.05) is 18.2 Å². The average molecular weight is 296 g/mol. The molecule has 0 spiro atoms. The van der Waals surface area contributed by atoms with Gasteiger partial charge in [-0.25, -0.2) is 4.99 Å². The van der Waals surface area contributed by atoms with Crippen LogP contribution in [0.5, 0.6) is 11.5 Å². The number of fused-ring (bicyclic) bond motifs is 1. The molecule has 0 aromatic heterocycles. The molecule has 1 aliphatic rings. The molecule has 0 radical (unpaired) electrons. The lowest BCUT2D eigenvalue weighted by Crippen LogP contribution is -2.16. The zero-order valence-electron chi connectivity index (χ0n) is 12.4. The van der Waals surface area contributed by atoms with Crippen LogP contribution in [-0.2, 0) is 4.79 Å². The fourth-order valence-electron chi connectivity index (χ4n) is 2.49. The van der Waals surface area contributed by atoms with Crippen LogP contribution in [0.1, 0.15) is 12.0 Å². The van der Waals surface area contributed by atoms with Gasteiger partial charge in [-0.3, -0.25) is 4.79 Å². The fraction of sp³-hybridized carbons (Fsp3) is 0.176. The molecular weight excluding hydrogens is 280 g/mol. The molecule has 0 unspecified atom stereocenters. The summed E-state index contributed by atoms with van der Waals surface area (Å²) in [5, 5.41) is 2.86. The van der Waals surface area contributed by atoms with E-state index in [1.54, 1.807) is 14.2 Å². The topological polar surface area (TPSA) is 59.9 Å². The van der Waals surface area contributed by atoms with E-state index in [1.165, 1.54) is 0 Å². The van der Waals surface area contributed by atoms with Gasteiger partial charge in [-0.2, -0.15) is 0 Å². The van der Waals surface area contributed by atoms with Crippen molar-refractivity contribution in [2.45, 2.75) is 6.42 Å². The Labute approximate surface area is 128 Å². The van der Waals surface area contributed by atoms with E-state index in [4.69, 9.17) is 9.47 Å². The number of para-hydroxylation sites is 2. The van der Waals surface area contributed by atoms with Crippen LogP contribution in [0.4, 0.5) is 11.4 Å². The van der Waals surface area contributed by atoms with Crippen molar-refractivity contribution in [3.8, 4) is 11.5 Å². The van der Waals surface area contributed by atoms with Crippen molar-refractivity contribution in [1.82, 2.24) is 0 Å². The van der Waals surface area contributed by atoms with Gasteiger partial charge in [0.1, 0.15) is 11.5 Å². The molecule has 22 heavy (non-hydrogen) atoms. The van der Waals surface area contributed by atoms with E-state index in [-0.39, 0.29) is 12.3 Å². The molecule has 1 amide bonds. The Hall–Kier alpha value is -2.82. The fourth-order valence-corrected chi connectivity index (χ4v) is 2.49. The summed E-state index contributed by atoms with van der Waals surface area (Å²) in [5.74, 6) is 1.15. The third-order valence-corrected chi connectivity index (χ3v) is 3.48. The van der Waals surface area contributed by atoms with Gasteiger partial charge in [0, 0.05) is 0 Å². The molecule has 0 atom stereocenters. The Balaban J connectivity index is 2.19. The molecule has 1 aliphatic heterocycles. The molecule has 0 saturated heterocycles. The second kappa shape index (κ2) is 5.89. The second-order valence-electron chi connectivity index (χ2n) is 4.84. The van der Waals surface area contributed by atoms with Crippen molar-refractivity contribution in [3.05, 3.63) is 48.0 Å². The van der Waals surface area contributed by atoms with Crippen LogP contribution < -0.4 is 14.8 Å². The maximum atomic E-state index is 12.2. The lowest BCUT2D eigenvalue weighted by molar-refractivity contribution is -0.115. The predicted octanol–water partition coefficient (Wildman–Crippen LogP) is 3.17. The summed E-state index contributed by atoms with van der Waals surface area (Å²) in [5.41, 5.74) is 2.75. The normalized spacial score (nSPS) is 13.5. The van der Waals surface area contributed by atoms with Gasteiger partial charge in [0.25, 0.3) is 0 Å². The number of amides is 1. The highest BCUT2D eigenvalue weighted by atomic mass is 16.5. The molecule has 5 heteroatoms. The van der Waals surface area contributed by atoms with Crippen LogP contribution in [0.25, 0.3) is 0 Å². The minimum atomic E-state index is -0.114. The van der Waals surface area contributed by atoms with E-state index in [0.717, 1.165) is 5.69 Å². The van der Waals surface area contributed by atoms with Crippen LogP contribution in [0.15, 0.2) is 47.5 Å². The number of carbonyl (C=O) groups is 1. The molecule has 0 bridgehead atoms. The zero-order chi connectivity index (χ0) is 15.5. The number of anilines is 1. The Kier molecular flexibility index (Phi) is 3.78. The van der Waals surface area contributed by atoms with Gasteiger partial charge in [-0.05, 0) is 24.3 Å². The number of rotatable bonds is 3. The molecule has 0 aliphatic carbocycles. The van der Waals surface area contributed by atoms with Gasteiger partial charge in [0.05, 0.1) is 43.3 Å². The summed E-state index contributed by atoms with van der Waals surface area (Å²) in [6.07, 6.45) is 0.158. The SMILES string of the molecule is COc1cccc(OC)c1C1=Nc2ccccc2NC(=O)C1. The van der Waals surface area contributed by atoms with Gasteiger partial charge in [0.2, 0.25) is 5.91 Å². The van der Waals surface area contributed by atoms with Crippen LogP contribution in [0.3, 0.4) is 0 Å². The number of nitrogens with zero attached hydrogens (tertiary/aromatic N) is 1. The number of ether oxygens (including phenoxy) is 2. The summed E-state index contributed by atoms with van der Waals surface area (Å²) in [6.45, 7) is 0. The van der Waals surface area contributed by atoms with Crippen molar-refractivity contribution in [3.63, 3.8) is 0 Å². The second-order valence-corrected chi connectivity index (χ2v) is 4.84.